The number of hydrogen-bond acceptors (Lipinski definition) is 3. The Bertz CT molecular complexity index is 174. The second kappa shape index (κ2) is 6.79. The molecule has 0 fully saturated rings. The fourth-order valence-corrected chi connectivity index (χ4v) is 1.27. The first-order valence-electron chi connectivity index (χ1n) is 5.05. The molecule has 0 aromatic rings. The van der Waals surface area contributed by atoms with Crippen LogP contribution in [-0.2, 0) is 9.53 Å². The highest BCUT2D eigenvalue weighted by molar-refractivity contribution is 5.81. The maximum Gasteiger partial charge on any atom is 0.239 e. The lowest BCUT2D eigenvalue weighted by Gasteiger charge is -2.26. The first-order chi connectivity index (χ1) is 6.54. The molecule has 4 nitrogen and oxygen atoms in total. The van der Waals surface area contributed by atoms with E-state index in [9.17, 15) is 4.79 Å². The highest BCUT2D eigenvalue weighted by atomic mass is 16.5. The fraction of sp³-hybridized carbons (Fsp3) is 0.900. The molecule has 0 aromatic heterocycles. The summed E-state index contributed by atoms with van der Waals surface area (Å²) in [5.41, 5.74) is 5.73. The van der Waals surface area contributed by atoms with Crippen LogP contribution >= 0.6 is 0 Å². The van der Waals surface area contributed by atoms with Gasteiger partial charge in [0.2, 0.25) is 5.91 Å². The zero-order valence-electron chi connectivity index (χ0n) is 9.62. The van der Waals surface area contributed by atoms with Crippen LogP contribution < -0.4 is 5.73 Å². The van der Waals surface area contributed by atoms with Gasteiger partial charge in [0, 0.05) is 14.2 Å². The van der Waals surface area contributed by atoms with Crippen molar-refractivity contribution in [3.63, 3.8) is 0 Å². The number of rotatable bonds is 6. The van der Waals surface area contributed by atoms with Crippen LogP contribution in [0.2, 0.25) is 0 Å². The Hall–Kier alpha value is -0.610. The molecule has 0 aliphatic heterocycles. The summed E-state index contributed by atoms with van der Waals surface area (Å²) in [7, 11) is 3.39. The third-order valence-corrected chi connectivity index (χ3v) is 2.33. The molecule has 0 spiro atoms. The van der Waals surface area contributed by atoms with Crippen molar-refractivity contribution in [1.82, 2.24) is 4.90 Å². The third kappa shape index (κ3) is 4.07. The van der Waals surface area contributed by atoms with E-state index < -0.39 is 0 Å². The van der Waals surface area contributed by atoms with Crippen LogP contribution in [0.5, 0.6) is 0 Å². The van der Waals surface area contributed by atoms with E-state index in [2.05, 4.69) is 0 Å². The van der Waals surface area contributed by atoms with Crippen molar-refractivity contribution in [2.75, 3.05) is 20.8 Å². The van der Waals surface area contributed by atoms with Crippen LogP contribution in [-0.4, -0.2) is 43.7 Å². The second-order valence-electron chi connectivity index (χ2n) is 3.65. The standard InChI is InChI=1S/C10H22N2O2/c1-5-6-9(11)10(13)12(3)8(2)7-14-4/h8-9H,5-7,11H2,1-4H3/t8?,9-/m0/s1. The molecule has 0 heterocycles. The molecule has 0 saturated carbocycles. The summed E-state index contributed by atoms with van der Waals surface area (Å²) in [6.45, 7) is 4.51. The summed E-state index contributed by atoms with van der Waals surface area (Å²) in [6.07, 6.45) is 1.67. The van der Waals surface area contributed by atoms with Gasteiger partial charge in [0.05, 0.1) is 18.7 Å². The summed E-state index contributed by atoms with van der Waals surface area (Å²) in [6, 6.07) is -0.292. The van der Waals surface area contributed by atoms with Crippen molar-refractivity contribution in [2.45, 2.75) is 38.8 Å². The van der Waals surface area contributed by atoms with Gasteiger partial charge in [-0.15, -0.1) is 0 Å². The fourth-order valence-electron chi connectivity index (χ4n) is 1.27. The minimum Gasteiger partial charge on any atom is -0.383 e. The molecule has 1 unspecified atom stereocenters. The normalized spacial score (nSPS) is 14.9. The molecular weight excluding hydrogens is 180 g/mol. The molecule has 0 aliphatic carbocycles. The van der Waals surface area contributed by atoms with Gasteiger partial charge in [-0.2, -0.15) is 0 Å². The number of carbonyl (C=O) groups is 1. The van der Waals surface area contributed by atoms with Gasteiger partial charge < -0.3 is 15.4 Å². The molecule has 0 radical (unpaired) electrons. The van der Waals surface area contributed by atoms with Gasteiger partial charge in [-0.1, -0.05) is 13.3 Å². The number of carbonyl (C=O) groups excluding carboxylic acids is 1. The van der Waals surface area contributed by atoms with Crippen LogP contribution in [0.15, 0.2) is 0 Å². The number of hydrogen-bond donors (Lipinski definition) is 1. The Labute approximate surface area is 86.4 Å². The van der Waals surface area contributed by atoms with E-state index in [0.29, 0.717) is 6.61 Å². The van der Waals surface area contributed by atoms with Crippen LogP contribution in [0.3, 0.4) is 0 Å². The van der Waals surface area contributed by atoms with Crippen LogP contribution in [0.25, 0.3) is 0 Å². The Kier molecular flexibility index (Phi) is 6.49. The molecule has 0 saturated heterocycles. The van der Waals surface area contributed by atoms with E-state index in [0.717, 1.165) is 12.8 Å². The van der Waals surface area contributed by atoms with Gasteiger partial charge in [-0.25, -0.2) is 0 Å². The summed E-state index contributed by atoms with van der Waals surface area (Å²) < 4.78 is 4.98. The van der Waals surface area contributed by atoms with Crippen LogP contribution in [0, 0.1) is 0 Å². The summed E-state index contributed by atoms with van der Waals surface area (Å²) >= 11 is 0. The van der Waals surface area contributed by atoms with Crippen LogP contribution in [0.1, 0.15) is 26.7 Å². The maximum atomic E-state index is 11.7. The largest absolute Gasteiger partial charge is 0.383 e. The molecule has 4 heteroatoms. The molecule has 2 atom stereocenters. The smallest absolute Gasteiger partial charge is 0.239 e. The number of nitrogens with two attached hydrogens (primary N) is 1. The zero-order valence-corrected chi connectivity index (χ0v) is 9.62. The Morgan fingerprint density at radius 1 is 1.57 bits per heavy atom. The van der Waals surface area contributed by atoms with Gasteiger partial charge in [0.25, 0.3) is 0 Å². The lowest BCUT2D eigenvalue weighted by molar-refractivity contribution is -0.134. The average molecular weight is 202 g/mol. The Morgan fingerprint density at radius 2 is 2.14 bits per heavy atom. The third-order valence-electron chi connectivity index (χ3n) is 2.33. The molecule has 0 aromatic carbocycles. The summed E-state index contributed by atoms with van der Waals surface area (Å²) in [5, 5.41) is 0. The maximum absolute atomic E-state index is 11.7. The van der Waals surface area contributed by atoms with Gasteiger partial charge in [0.15, 0.2) is 0 Å². The molecular formula is C10H22N2O2. The van der Waals surface area contributed by atoms with Crippen molar-refractivity contribution >= 4 is 5.91 Å². The van der Waals surface area contributed by atoms with Crippen LogP contribution in [0.4, 0.5) is 0 Å². The number of methoxy groups -OCH3 is 1. The minimum absolute atomic E-state index is 0.00333. The molecule has 0 aliphatic rings. The number of ether oxygens (including phenoxy) is 1. The van der Waals surface area contributed by atoms with E-state index in [1.165, 1.54) is 0 Å². The topological polar surface area (TPSA) is 55.6 Å². The highest BCUT2D eigenvalue weighted by Gasteiger charge is 2.20. The predicted octanol–water partition coefficient (Wildman–Crippen LogP) is 0.607. The lowest BCUT2D eigenvalue weighted by atomic mass is 10.1. The molecule has 1 amide bonds. The average Bonchev–Trinajstić information content (AvgIpc) is 2.16. The SMILES string of the molecule is CCC[C@H](N)C(=O)N(C)C(C)COC. The van der Waals surface area contributed by atoms with Crippen molar-refractivity contribution in [3.05, 3.63) is 0 Å². The number of amides is 1. The zero-order chi connectivity index (χ0) is 11.1. The van der Waals surface area contributed by atoms with Gasteiger partial charge in [0.1, 0.15) is 0 Å². The predicted molar refractivity (Wildman–Crippen MR) is 57.0 cm³/mol. The van der Waals surface area contributed by atoms with Crippen molar-refractivity contribution < 1.29 is 9.53 Å². The molecule has 2 N–H and O–H groups in total. The first-order valence-corrected chi connectivity index (χ1v) is 5.05. The summed E-state index contributed by atoms with van der Waals surface area (Å²) in [5.74, 6) is -0.00333. The molecule has 84 valence electrons. The second-order valence-corrected chi connectivity index (χ2v) is 3.65. The Morgan fingerprint density at radius 3 is 2.57 bits per heavy atom. The molecule has 0 rings (SSSR count). The quantitative estimate of drug-likeness (QED) is 0.686. The highest BCUT2D eigenvalue weighted by Crippen LogP contribution is 2.02. The van der Waals surface area contributed by atoms with E-state index in [4.69, 9.17) is 10.5 Å². The molecule has 14 heavy (non-hydrogen) atoms. The van der Waals surface area contributed by atoms with Crippen molar-refractivity contribution in [2.24, 2.45) is 5.73 Å². The van der Waals surface area contributed by atoms with E-state index in [-0.39, 0.29) is 18.0 Å². The van der Waals surface area contributed by atoms with Gasteiger partial charge in [-0.05, 0) is 13.3 Å². The Balaban J connectivity index is 4.09. The monoisotopic (exact) mass is 202 g/mol. The van der Waals surface area contributed by atoms with Gasteiger partial charge >= 0.3 is 0 Å². The van der Waals surface area contributed by atoms with Gasteiger partial charge in [-0.3, -0.25) is 4.79 Å². The van der Waals surface area contributed by atoms with E-state index >= 15 is 0 Å². The molecule has 0 bridgehead atoms. The first kappa shape index (κ1) is 13.4. The van der Waals surface area contributed by atoms with E-state index in [1.807, 2.05) is 13.8 Å². The lowest BCUT2D eigenvalue weighted by Crippen LogP contribution is -2.46. The minimum atomic E-state index is -0.371. The van der Waals surface area contributed by atoms with Crippen molar-refractivity contribution in [3.8, 4) is 0 Å². The number of nitrogens with zero attached hydrogens (tertiary/aromatic N) is 1. The van der Waals surface area contributed by atoms with E-state index in [1.54, 1.807) is 19.1 Å². The van der Waals surface area contributed by atoms with Crippen molar-refractivity contribution in [1.29, 1.82) is 0 Å². The number of likely N-dealkylation sites (N-methyl/N-ethyl adjacent to an activating group) is 1. The summed E-state index contributed by atoms with van der Waals surface area (Å²) in [4.78, 5) is 13.4.